The maximum atomic E-state index is 13.0. The number of Topliss-reactive ketones (excluding diaryl/α,β-unsaturated/α-hetero) is 1. The van der Waals surface area contributed by atoms with E-state index in [1.807, 2.05) is 51.2 Å². The van der Waals surface area contributed by atoms with Crippen molar-refractivity contribution in [1.29, 1.82) is 0 Å². The number of aromatic hydroxyl groups is 2. The number of phenols is 2. The minimum atomic E-state index is -1.92. The molecule has 0 amide bonds. The summed E-state index contributed by atoms with van der Waals surface area (Å²) in [5.41, 5.74) is 5.37. The molecule has 145 heavy (non-hydrogen) atoms. The summed E-state index contributed by atoms with van der Waals surface area (Å²) in [5, 5.41) is 227. The summed E-state index contributed by atoms with van der Waals surface area (Å²) in [6.07, 6.45) is -9.45. The maximum Gasteiger partial charge on any atom is 0.336 e. The molecule has 0 aliphatic carbocycles. The van der Waals surface area contributed by atoms with Gasteiger partial charge in [0.05, 0.1) is 60.0 Å². The highest BCUT2D eigenvalue weighted by atomic mass is 16.8. The number of aliphatic hydroxyl groups is 20. The van der Waals surface area contributed by atoms with Gasteiger partial charge in [-0.05, 0) is 115 Å². The van der Waals surface area contributed by atoms with Crippen molar-refractivity contribution in [2.24, 2.45) is 5.92 Å². The van der Waals surface area contributed by atoms with Gasteiger partial charge in [-0.3, -0.25) is 4.79 Å². The van der Waals surface area contributed by atoms with E-state index in [1.54, 1.807) is 86.8 Å². The molecule has 6 heterocycles. The quantitative estimate of drug-likeness (QED) is 0.0178. The van der Waals surface area contributed by atoms with Gasteiger partial charge in [0, 0.05) is 45.9 Å². The van der Waals surface area contributed by atoms with Gasteiger partial charge in [0.2, 0.25) is 18.9 Å². The van der Waals surface area contributed by atoms with Crippen molar-refractivity contribution in [3.8, 4) is 23.0 Å². The van der Waals surface area contributed by atoms with Gasteiger partial charge in [-0.1, -0.05) is 158 Å². The summed E-state index contributed by atoms with van der Waals surface area (Å²) in [5.74, 6) is -5.80. The Morgan fingerprint density at radius 3 is 0.869 bits per heavy atom. The molecule has 0 saturated carbocycles. The Hall–Kier alpha value is -10.7. The molecule has 44 nitrogen and oxygen atoms in total. The van der Waals surface area contributed by atoms with Crippen LogP contribution < -0.4 is 9.47 Å². The fourth-order valence-corrected chi connectivity index (χ4v) is 14.0. The van der Waals surface area contributed by atoms with Crippen LogP contribution >= 0.6 is 0 Å². The molecule has 6 aliphatic heterocycles. The number of carbonyl (C=O) groups is 6. The summed E-state index contributed by atoms with van der Waals surface area (Å²) >= 11 is 0. The third kappa shape index (κ3) is 36.1. The van der Waals surface area contributed by atoms with Crippen molar-refractivity contribution in [3.63, 3.8) is 0 Å². The summed E-state index contributed by atoms with van der Waals surface area (Å²) < 4.78 is 86.4. The number of benzene rings is 2. The lowest BCUT2D eigenvalue weighted by Crippen LogP contribution is -2.62. The van der Waals surface area contributed by atoms with Crippen molar-refractivity contribution >= 4 is 47.8 Å². The van der Waals surface area contributed by atoms with Gasteiger partial charge in [-0.25, -0.2) is 24.0 Å². The first-order valence-electron chi connectivity index (χ1n) is 45.4. The van der Waals surface area contributed by atoms with Gasteiger partial charge in [0.25, 0.3) is 0 Å². The first kappa shape index (κ1) is 123. The second-order valence-electron chi connectivity index (χ2n) is 34.4. The number of carbonyl (C=O) groups excluding carboxylic acids is 6. The molecule has 804 valence electrons. The van der Waals surface area contributed by atoms with E-state index in [2.05, 4.69) is 0 Å². The third-order valence-electron chi connectivity index (χ3n) is 23.2. The number of ketones is 1. The molecule has 30 atom stereocenters. The summed E-state index contributed by atoms with van der Waals surface area (Å²) in [6.45, 7) is 11.7. The molecule has 6 aliphatic rings. The number of methoxy groups -OCH3 is 2. The molecule has 12 unspecified atom stereocenters. The average Bonchev–Trinajstić information content (AvgIpc) is 0.801. The maximum absolute atomic E-state index is 13.0. The molecule has 0 bridgehead atoms. The highest BCUT2D eigenvalue weighted by Crippen LogP contribution is 2.37. The van der Waals surface area contributed by atoms with Crippen molar-refractivity contribution in [1.82, 2.24) is 0 Å². The Labute approximate surface area is 836 Å². The van der Waals surface area contributed by atoms with E-state index in [-0.39, 0.29) is 64.1 Å². The van der Waals surface area contributed by atoms with Crippen molar-refractivity contribution in [2.45, 2.75) is 268 Å². The molecule has 0 aromatic heterocycles. The summed E-state index contributed by atoms with van der Waals surface area (Å²) in [4.78, 5) is 75.2. The first-order chi connectivity index (χ1) is 68.2. The van der Waals surface area contributed by atoms with E-state index in [9.17, 15) is 141 Å². The second-order valence-corrected chi connectivity index (χ2v) is 34.4. The van der Waals surface area contributed by atoms with Gasteiger partial charge < -0.3 is 188 Å². The summed E-state index contributed by atoms with van der Waals surface area (Å²) in [7, 11) is 2.61. The Morgan fingerprint density at radius 2 is 0.572 bits per heavy atom. The molecule has 2 aromatic carbocycles. The van der Waals surface area contributed by atoms with E-state index in [0.29, 0.717) is 16.7 Å². The van der Waals surface area contributed by atoms with Crippen LogP contribution in [-0.2, 0) is 108 Å². The Morgan fingerprint density at radius 1 is 0.310 bits per heavy atom. The van der Waals surface area contributed by atoms with Crippen LogP contribution in [-0.4, -0.2) is 380 Å². The molecular weight excluding hydrogens is 1920 g/mol. The zero-order valence-corrected chi connectivity index (χ0v) is 81.0. The number of aliphatic hydroxyl groups excluding tert-OH is 20. The number of esters is 5. The van der Waals surface area contributed by atoms with Gasteiger partial charge >= 0.3 is 29.8 Å². The van der Waals surface area contributed by atoms with Gasteiger partial charge in [-0.2, -0.15) is 0 Å². The normalized spacial score (nSPS) is 32.0. The number of rotatable bonds is 41. The van der Waals surface area contributed by atoms with Crippen molar-refractivity contribution in [2.75, 3.05) is 53.9 Å². The molecule has 2 aromatic rings. The lowest BCUT2D eigenvalue weighted by Gasteiger charge is -2.43. The smallest absolute Gasteiger partial charge is 0.336 e. The van der Waals surface area contributed by atoms with Crippen LogP contribution in [0.4, 0.5) is 0 Å². The molecule has 22 N–H and O–H groups in total. The van der Waals surface area contributed by atoms with Crippen LogP contribution in [0.5, 0.6) is 23.0 Å². The van der Waals surface area contributed by atoms with Crippen molar-refractivity contribution < 1.29 is 217 Å². The van der Waals surface area contributed by atoms with E-state index < -0.39 is 267 Å². The first-order valence-corrected chi connectivity index (χ1v) is 45.4. The SMILES string of the molecule is C.COc1cc(/C=C/C(=O)OCC2O[C@@H](OCC3O[C@@H](OC(=O)/C(C)=C/C=C/C(C)=C/C=C/C=C(C)/C=C/C=C(\C)C(=O)O[C@@H]4OC(CO[C@@H]5OC(CO)[C@@H](O)[C@H](O)C5O)[C@@H](O)[C@H](O)C4C)C(O)[C@@H](O)[C@@H]3O)C(O)[C@@H](O)[C@@H]2O)cc(CO)c1O.COc1cc(/C=C/C(=O)OCC2O[C@@H](OCC3O[C@@H](OC(=O)/C(C)=C/C=C/C(C)=C/C=C/C=C(C)/C=C/C=C(\C)C(C)=O)C(O)[C@@H](O)[C@@H]3O)C(O)[C@@H](O)[C@@H]2O)cc(CO)c1O. The molecule has 8 rings (SSSR count). The van der Waals surface area contributed by atoms with E-state index in [1.165, 1.54) is 103 Å². The van der Waals surface area contributed by atoms with Crippen LogP contribution in [0.15, 0.2) is 203 Å². The molecule has 6 fully saturated rings. The molecule has 44 heteroatoms. The molecule has 0 spiro atoms. The van der Waals surface area contributed by atoms with Crippen molar-refractivity contribution in [3.05, 3.63) is 225 Å². The lowest BCUT2D eigenvalue weighted by atomic mass is 9.92. The minimum absolute atomic E-state index is 0. The number of hydrogen-bond donors (Lipinski definition) is 22. The second kappa shape index (κ2) is 60.0. The van der Waals surface area contributed by atoms with Crippen LogP contribution in [0, 0.1) is 5.92 Å². The predicted octanol–water partition coefficient (Wildman–Crippen LogP) is -0.176. The van der Waals surface area contributed by atoms with E-state index >= 15 is 0 Å². The predicted molar refractivity (Wildman–Crippen MR) is 510 cm³/mol. The fourth-order valence-electron chi connectivity index (χ4n) is 14.0. The minimum Gasteiger partial charge on any atom is -0.504 e. The molecular formula is C101H136O44. The Kier molecular flexibility index (Phi) is 50.9. The average molecular weight is 2050 g/mol. The van der Waals surface area contributed by atoms with E-state index in [4.69, 9.17) is 75.8 Å². The number of allylic oxidation sites excluding steroid dienone is 25. The fraction of sp³-hybridized carbons (Fsp3) is 0.505. The monoisotopic (exact) mass is 2050 g/mol. The Balaban J connectivity index is 0.000000461. The van der Waals surface area contributed by atoms with Gasteiger partial charge in [0.1, 0.15) is 148 Å². The number of ether oxygens (including phenoxy) is 16. The van der Waals surface area contributed by atoms with Gasteiger partial charge in [0.15, 0.2) is 47.7 Å². The van der Waals surface area contributed by atoms with Crippen LogP contribution in [0.25, 0.3) is 12.2 Å². The number of hydrogen-bond acceptors (Lipinski definition) is 44. The third-order valence-corrected chi connectivity index (χ3v) is 23.2. The lowest BCUT2D eigenvalue weighted by molar-refractivity contribution is -0.327. The highest BCUT2D eigenvalue weighted by Gasteiger charge is 2.53. The zero-order chi connectivity index (χ0) is 107. The Bertz CT molecular complexity index is 5050. The molecule has 6 saturated heterocycles. The molecule has 0 radical (unpaired) electrons. The summed E-state index contributed by atoms with van der Waals surface area (Å²) in [6, 6.07) is 5.61. The zero-order valence-electron chi connectivity index (χ0n) is 81.0. The van der Waals surface area contributed by atoms with Crippen LogP contribution in [0.2, 0.25) is 0 Å². The topological polar surface area (TPSA) is 695 Å². The highest BCUT2D eigenvalue weighted by molar-refractivity contribution is 5.93. The van der Waals surface area contributed by atoms with Crippen LogP contribution in [0.3, 0.4) is 0 Å². The van der Waals surface area contributed by atoms with Crippen LogP contribution in [0.1, 0.15) is 98.9 Å². The largest absolute Gasteiger partial charge is 0.504 e. The van der Waals surface area contributed by atoms with E-state index in [0.717, 1.165) is 34.4 Å². The standard InChI is InChI=1S/C56H76O27.C44H56O17.CH4/c1-26(13-9-15-28(3)51(72)82-53-30(5)39(60)42(63)36(79-53)24-76-54-48(69)45(66)41(62)34(22-58)78-54)11-7-8-12-27(2)14-10-16-29(4)52(73)83-56-50(71)47(68)44(65)37(81-56)25-77-55-49(70)46(67)43(64)35(80-55)23-75-38(59)18-17-31-19-32(21-57)40(61)33(20-31)74-6;1-24(13-9-15-26(3)28(5)46)11-7-8-12-25(2)14-10-16-27(4)42(55)61-44-41(54)39(52)37(50)33(60-44)23-58-43-40(53)38(51)36(49)32(59-43)22-57-34(47)18-17-29-19-30(21-45)35(48)31(20-29)56-6;/h7-20,30,34-37,39,41-50,53-58,60-71H,21-25H2,1-6H3;7-20,32-33,36-41,43-45,48-54H,21-23H2,1-6H3;1H4/b8-7+,13-9+,14-10+,18-17+,26-11+,27-12+,28-15+,29-16+;8-7+,13-9+,14-10+,18-17+,24-11+,25-12+,26-15+,27-16+;/t30?,34?,35?,36?,37?,39-,41-,42-,43-,44-,45+,46+,47+,48?,49?,50?,53+,54-,55-,56+;32?,33?,36-,37-,38+,39+,40?,41?,43-,44+;/m11./s1. The van der Waals surface area contributed by atoms with Gasteiger partial charge in [-0.15, -0.1) is 0 Å².